The first-order chi connectivity index (χ1) is 9.99. The van der Waals surface area contributed by atoms with Gasteiger partial charge in [0.1, 0.15) is 0 Å². The third-order valence-corrected chi connectivity index (χ3v) is 4.37. The predicted molar refractivity (Wildman–Crippen MR) is 86.3 cm³/mol. The molecule has 0 unspecified atom stereocenters. The number of hydrogen-bond donors (Lipinski definition) is 2. The number of para-hydroxylation sites is 1. The Bertz CT molecular complexity index is 907. The zero-order valence-corrected chi connectivity index (χ0v) is 13.6. The molecule has 0 aliphatic carbocycles. The smallest absolute Gasteiger partial charge is 0.335 e. The molecule has 1 aromatic heterocycles. The lowest BCUT2D eigenvalue weighted by Gasteiger charge is -2.08. The van der Waals surface area contributed by atoms with Crippen molar-refractivity contribution in [2.24, 2.45) is 0 Å². The summed E-state index contributed by atoms with van der Waals surface area (Å²) in [4.78, 5) is 25.9. The summed E-state index contributed by atoms with van der Waals surface area (Å²) in [6.07, 6.45) is 0. The molecule has 0 saturated heterocycles. The summed E-state index contributed by atoms with van der Waals surface area (Å²) in [6.45, 7) is 0. The van der Waals surface area contributed by atoms with Crippen LogP contribution < -0.4 is 5.69 Å². The molecule has 2 N–H and O–H groups in total. The lowest BCUT2D eigenvalue weighted by atomic mass is 10.2. The minimum Gasteiger partial charge on any atom is -0.478 e. The van der Waals surface area contributed by atoms with Crippen molar-refractivity contribution in [3.8, 4) is 5.69 Å². The number of hydrogen-bond acceptors (Lipinski definition) is 2. The van der Waals surface area contributed by atoms with E-state index in [1.54, 1.807) is 6.07 Å². The standard InChI is InChI=1S/C14H8Br2N2O3/c15-8-2-1-3-9(16)12(8)18-11-5-4-7(13(19)20)6-10(11)17-14(18)21/h1-6H,(H,17,21)(H,19,20). The zero-order valence-electron chi connectivity index (χ0n) is 10.4. The number of carbonyl (C=O) groups is 1. The van der Waals surface area contributed by atoms with Gasteiger partial charge in [-0.1, -0.05) is 6.07 Å². The quantitative estimate of drug-likeness (QED) is 0.677. The van der Waals surface area contributed by atoms with Crippen LogP contribution >= 0.6 is 31.9 Å². The van der Waals surface area contributed by atoms with Gasteiger partial charge in [-0.15, -0.1) is 0 Å². The molecule has 2 aromatic carbocycles. The first kappa shape index (κ1) is 14.1. The van der Waals surface area contributed by atoms with Crippen molar-refractivity contribution in [1.29, 1.82) is 0 Å². The molecule has 3 rings (SSSR count). The number of carboxylic acid groups (broad SMARTS) is 1. The maximum Gasteiger partial charge on any atom is 0.335 e. The topological polar surface area (TPSA) is 75.1 Å². The number of H-pyrrole nitrogens is 1. The van der Waals surface area contributed by atoms with Crippen molar-refractivity contribution in [2.45, 2.75) is 0 Å². The fraction of sp³-hybridized carbons (Fsp3) is 0. The molecule has 1 heterocycles. The summed E-state index contributed by atoms with van der Waals surface area (Å²) in [5.74, 6) is -1.03. The number of nitrogens with zero attached hydrogens (tertiary/aromatic N) is 1. The SMILES string of the molecule is O=C(O)c1ccc2c(c1)[nH]c(=O)n2-c1c(Br)cccc1Br. The lowest BCUT2D eigenvalue weighted by Crippen LogP contribution is -2.15. The van der Waals surface area contributed by atoms with Crippen LogP contribution in [0.3, 0.4) is 0 Å². The van der Waals surface area contributed by atoms with E-state index < -0.39 is 5.97 Å². The molecule has 0 amide bonds. The second-order valence-corrected chi connectivity index (χ2v) is 6.08. The highest BCUT2D eigenvalue weighted by Gasteiger charge is 2.15. The summed E-state index contributed by atoms with van der Waals surface area (Å²) < 4.78 is 3.00. The van der Waals surface area contributed by atoms with Crippen molar-refractivity contribution < 1.29 is 9.90 Å². The molecular weight excluding hydrogens is 404 g/mol. The molecule has 0 radical (unpaired) electrons. The number of aromatic amines is 1. The van der Waals surface area contributed by atoms with E-state index in [0.29, 0.717) is 16.7 Å². The highest BCUT2D eigenvalue weighted by atomic mass is 79.9. The number of fused-ring (bicyclic) bond motifs is 1. The Balaban J connectivity index is 2.36. The van der Waals surface area contributed by atoms with Gasteiger partial charge in [0.25, 0.3) is 0 Å². The molecule has 21 heavy (non-hydrogen) atoms. The third-order valence-electron chi connectivity index (χ3n) is 3.09. The van der Waals surface area contributed by atoms with E-state index in [0.717, 1.165) is 8.95 Å². The Labute approximate surface area is 135 Å². The Hall–Kier alpha value is -1.86. The molecule has 0 aliphatic rings. The molecule has 0 aliphatic heterocycles. The second-order valence-electron chi connectivity index (χ2n) is 4.37. The Kier molecular flexibility index (Phi) is 3.46. The minimum absolute atomic E-state index is 0.127. The van der Waals surface area contributed by atoms with Crippen molar-refractivity contribution >= 4 is 48.9 Å². The van der Waals surface area contributed by atoms with Crippen LogP contribution in [0.15, 0.2) is 50.1 Å². The van der Waals surface area contributed by atoms with E-state index in [4.69, 9.17) is 5.11 Å². The average Bonchev–Trinajstić information content (AvgIpc) is 2.74. The van der Waals surface area contributed by atoms with Gasteiger partial charge in [-0.3, -0.25) is 4.57 Å². The first-order valence-electron chi connectivity index (χ1n) is 5.91. The number of benzene rings is 2. The molecule has 0 bridgehead atoms. The van der Waals surface area contributed by atoms with Crippen molar-refractivity contribution in [3.05, 3.63) is 61.4 Å². The summed E-state index contributed by atoms with van der Waals surface area (Å²) in [7, 11) is 0. The maximum absolute atomic E-state index is 12.2. The number of aromatic nitrogens is 2. The van der Waals surface area contributed by atoms with Crippen molar-refractivity contribution in [2.75, 3.05) is 0 Å². The van der Waals surface area contributed by atoms with Gasteiger partial charge in [-0.25, -0.2) is 9.59 Å². The molecule has 0 saturated carbocycles. The summed E-state index contributed by atoms with van der Waals surface area (Å²) in [5.41, 5.74) is 1.54. The third kappa shape index (κ3) is 2.32. The molecule has 0 spiro atoms. The fourth-order valence-corrected chi connectivity index (χ4v) is 3.52. The molecule has 7 heteroatoms. The number of halogens is 2. The van der Waals surface area contributed by atoms with Gasteiger partial charge in [0.15, 0.2) is 0 Å². The van der Waals surface area contributed by atoms with E-state index >= 15 is 0 Å². The Morgan fingerprint density at radius 2 is 1.81 bits per heavy atom. The van der Waals surface area contributed by atoms with E-state index in [1.165, 1.54) is 16.7 Å². The predicted octanol–water partition coefficient (Wildman–Crippen LogP) is 3.54. The van der Waals surface area contributed by atoms with Gasteiger partial charge in [0.05, 0.1) is 22.3 Å². The monoisotopic (exact) mass is 410 g/mol. The van der Waals surface area contributed by atoms with Gasteiger partial charge in [0.2, 0.25) is 0 Å². The van der Waals surface area contributed by atoms with Gasteiger partial charge in [-0.2, -0.15) is 0 Å². The van der Waals surface area contributed by atoms with E-state index in [2.05, 4.69) is 36.8 Å². The number of carboxylic acids is 1. The van der Waals surface area contributed by atoms with Crippen LogP contribution in [-0.2, 0) is 0 Å². The largest absolute Gasteiger partial charge is 0.478 e. The van der Waals surface area contributed by atoms with Crippen LogP contribution in [0.4, 0.5) is 0 Å². The Morgan fingerprint density at radius 3 is 2.43 bits per heavy atom. The van der Waals surface area contributed by atoms with Crippen molar-refractivity contribution in [1.82, 2.24) is 9.55 Å². The summed E-state index contributed by atoms with van der Waals surface area (Å²) in [6, 6.07) is 10.0. The van der Waals surface area contributed by atoms with Gasteiger partial charge >= 0.3 is 11.7 Å². The van der Waals surface area contributed by atoms with Crippen LogP contribution in [-0.4, -0.2) is 20.6 Å². The van der Waals surface area contributed by atoms with Gasteiger partial charge in [-0.05, 0) is 62.2 Å². The molecule has 3 aromatic rings. The molecule has 0 fully saturated rings. The average molecular weight is 412 g/mol. The molecule has 106 valence electrons. The number of nitrogens with one attached hydrogen (secondary N) is 1. The molecule has 5 nitrogen and oxygen atoms in total. The van der Waals surface area contributed by atoms with Crippen LogP contribution in [0.2, 0.25) is 0 Å². The molecular formula is C14H8Br2N2O3. The summed E-state index contributed by atoms with van der Waals surface area (Å²) >= 11 is 6.86. The van der Waals surface area contributed by atoms with E-state index in [1.807, 2.05) is 18.2 Å². The van der Waals surface area contributed by atoms with E-state index in [9.17, 15) is 9.59 Å². The first-order valence-corrected chi connectivity index (χ1v) is 7.50. The summed E-state index contributed by atoms with van der Waals surface area (Å²) in [5, 5.41) is 9.01. The van der Waals surface area contributed by atoms with Crippen LogP contribution in [0, 0.1) is 0 Å². The number of aromatic carboxylic acids is 1. The second kappa shape index (κ2) is 5.16. The zero-order chi connectivity index (χ0) is 15.1. The van der Waals surface area contributed by atoms with Crippen molar-refractivity contribution in [3.63, 3.8) is 0 Å². The van der Waals surface area contributed by atoms with Crippen LogP contribution in [0.25, 0.3) is 16.7 Å². The fourth-order valence-electron chi connectivity index (χ4n) is 2.17. The van der Waals surface area contributed by atoms with Crippen LogP contribution in [0.5, 0.6) is 0 Å². The van der Waals surface area contributed by atoms with E-state index in [-0.39, 0.29) is 11.3 Å². The highest BCUT2D eigenvalue weighted by Crippen LogP contribution is 2.30. The number of imidazole rings is 1. The Morgan fingerprint density at radius 1 is 1.14 bits per heavy atom. The molecule has 0 atom stereocenters. The minimum atomic E-state index is -1.03. The normalized spacial score (nSPS) is 11.0. The maximum atomic E-state index is 12.2. The van der Waals surface area contributed by atoms with Crippen LogP contribution in [0.1, 0.15) is 10.4 Å². The van der Waals surface area contributed by atoms with Gasteiger partial charge < -0.3 is 10.1 Å². The lowest BCUT2D eigenvalue weighted by molar-refractivity contribution is 0.0697. The highest BCUT2D eigenvalue weighted by molar-refractivity contribution is 9.11. The number of rotatable bonds is 2. The van der Waals surface area contributed by atoms with Gasteiger partial charge in [0, 0.05) is 8.95 Å².